The molecule has 0 amide bonds. The Morgan fingerprint density at radius 3 is 2.57 bits per heavy atom. The Bertz CT molecular complexity index is 671. The molecule has 2 rings (SSSR count). The molecule has 0 bridgehead atoms. The zero-order valence-electron chi connectivity index (χ0n) is 13.4. The van der Waals surface area contributed by atoms with Crippen LogP contribution >= 0.6 is 11.3 Å². The van der Waals surface area contributed by atoms with E-state index in [9.17, 15) is 8.42 Å². The number of ether oxygens (including phenoxy) is 1. The molecular weight excluding hydrogens is 332 g/mol. The first-order valence-electron chi connectivity index (χ1n) is 7.57. The largest absolute Gasteiger partial charge is 0.380 e. The van der Waals surface area contributed by atoms with Gasteiger partial charge in [0, 0.05) is 18.2 Å². The van der Waals surface area contributed by atoms with Crippen molar-refractivity contribution < 1.29 is 13.2 Å². The van der Waals surface area contributed by atoms with Crippen molar-refractivity contribution in [1.29, 1.82) is 0 Å². The van der Waals surface area contributed by atoms with E-state index in [0.717, 1.165) is 6.42 Å². The minimum Gasteiger partial charge on any atom is -0.380 e. The minimum atomic E-state index is -3.63. The predicted octanol–water partition coefficient (Wildman–Crippen LogP) is 3.40. The molecule has 0 saturated carbocycles. The molecule has 126 valence electrons. The zero-order chi connectivity index (χ0) is 16.7. The van der Waals surface area contributed by atoms with Crippen molar-refractivity contribution in [3.8, 4) is 0 Å². The summed E-state index contributed by atoms with van der Waals surface area (Å²) in [5.41, 5.74) is 0. The van der Waals surface area contributed by atoms with Gasteiger partial charge >= 0.3 is 0 Å². The van der Waals surface area contributed by atoms with Gasteiger partial charge in [-0.3, -0.25) is 0 Å². The molecule has 0 radical (unpaired) electrons. The Labute approximate surface area is 142 Å². The summed E-state index contributed by atoms with van der Waals surface area (Å²) in [5.74, 6) is 0.568. The Kier molecular flexibility index (Phi) is 6.56. The SMILES string of the molecule is CC(C)CCOCCN(c1nccs1)S(=O)(=O)c1ccccc1. The third kappa shape index (κ3) is 5.02. The van der Waals surface area contributed by atoms with Gasteiger partial charge in [-0.05, 0) is 24.5 Å². The minimum absolute atomic E-state index is 0.253. The Hall–Kier alpha value is -1.44. The Morgan fingerprint density at radius 2 is 1.96 bits per heavy atom. The van der Waals surface area contributed by atoms with E-state index >= 15 is 0 Å². The van der Waals surface area contributed by atoms with Gasteiger partial charge in [-0.2, -0.15) is 0 Å². The first-order valence-corrected chi connectivity index (χ1v) is 9.89. The summed E-state index contributed by atoms with van der Waals surface area (Å²) in [5, 5.41) is 2.23. The summed E-state index contributed by atoms with van der Waals surface area (Å²) in [6, 6.07) is 8.41. The van der Waals surface area contributed by atoms with Crippen molar-refractivity contribution in [2.45, 2.75) is 25.2 Å². The maximum atomic E-state index is 12.8. The molecule has 0 aliphatic carbocycles. The van der Waals surface area contributed by atoms with Gasteiger partial charge in [0.15, 0.2) is 5.13 Å². The van der Waals surface area contributed by atoms with Gasteiger partial charge in [0.2, 0.25) is 0 Å². The highest BCUT2D eigenvalue weighted by molar-refractivity contribution is 7.93. The molecule has 0 aliphatic heterocycles. The molecule has 5 nitrogen and oxygen atoms in total. The van der Waals surface area contributed by atoms with Crippen LogP contribution in [-0.2, 0) is 14.8 Å². The van der Waals surface area contributed by atoms with Crippen LogP contribution in [0.15, 0.2) is 46.8 Å². The molecule has 0 N–H and O–H groups in total. The molecule has 1 heterocycles. The van der Waals surface area contributed by atoms with Crippen LogP contribution < -0.4 is 4.31 Å². The van der Waals surface area contributed by atoms with Crippen LogP contribution in [0.4, 0.5) is 5.13 Å². The monoisotopic (exact) mass is 354 g/mol. The average Bonchev–Trinajstić information content (AvgIpc) is 3.05. The first kappa shape index (κ1) is 17.9. The van der Waals surface area contributed by atoms with E-state index < -0.39 is 10.0 Å². The number of thiazole rings is 1. The van der Waals surface area contributed by atoms with E-state index in [2.05, 4.69) is 18.8 Å². The van der Waals surface area contributed by atoms with Crippen LogP contribution in [0.3, 0.4) is 0 Å². The lowest BCUT2D eigenvalue weighted by Crippen LogP contribution is -2.34. The molecule has 0 saturated heterocycles. The highest BCUT2D eigenvalue weighted by Crippen LogP contribution is 2.25. The Morgan fingerprint density at radius 1 is 1.22 bits per heavy atom. The van der Waals surface area contributed by atoms with E-state index in [1.165, 1.54) is 15.6 Å². The smallest absolute Gasteiger partial charge is 0.266 e. The molecule has 0 spiro atoms. The van der Waals surface area contributed by atoms with Gasteiger partial charge in [-0.1, -0.05) is 32.0 Å². The first-order chi connectivity index (χ1) is 11.0. The summed E-state index contributed by atoms with van der Waals surface area (Å²) in [6.45, 7) is 5.49. The zero-order valence-corrected chi connectivity index (χ0v) is 15.0. The molecule has 1 aromatic heterocycles. The third-order valence-corrected chi connectivity index (χ3v) is 5.96. The molecule has 7 heteroatoms. The maximum absolute atomic E-state index is 12.8. The predicted molar refractivity (Wildman–Crippen MR) is 93.4 cm³/mol. The van der Waals surface area contributed by atoms with E-state index in [0.29, 0.717) is 24.3 Å². The number of aromatic nitrogens is 1. The van der Waals surface area contributed by atoms with Gasteiger partial charge in [0.05, 0.1) is 18.0 Å². The molecule has 1 aromatic carbocycles. The lowest BCUT2D eigenvalue weighted by Gasteiger charge is -2.21. The van der Waals surface area contributed by atoms with Crippen LogP contribution in [0, 0.1) is 5.92 Å². The second-order valence-electron chi connectivity index (χ2n) is 5.50. The second-order valence-corrected chi connectivity index (χ2v) is 8.24. The van der Waals surface area contributed by atoms with Crippen LogP contribution in [0.2, 0.25) is 0 Å². The fourth-order valence-corrected chi connectivity index (χ4v) is 4.27. The fraction of sp³-hybridized carbons (Fsp3) is 0.438. The van der Waals surface area contributed by atoms with Crippen molar-refractivity contribution in [3.05, 3.63) is 41.9 Å². The summed E-state index contributed by atoms with van der Waals surface area (Å²) in [6.07, 6.45) is 2.57. The van der Waals surface area contributed by atoms with E-state index in [4.69, 9.17) is 4.74 Å². The van der Waals surface area contributed by atoms with Crippen LogP contribution in [-0.4, -0.2) is 33.2 Å². The van der Waals surface area contributed by atoms with Crippen LogP contribution in [0.1, 0.15) is 20.3 Å². The number of rotatable bonds is 9. The summed E-state index contributed by atoms with van der Waals surface area (Å²) in [7, 11) is -3.63. The van der Waals surface area contributed by atoms with Crippen molar-refractivity contribution in [3.63, 3.8) is 0 Å². The molecule has 0 unspecified atom stereocenters. The van der Waals surface area contributed by atoms with Crippen molar-refractivity contribution >= 4 is 26.5 Å². The van der Waals surface area contributed by atoms with Crippen molar-refractivity contribution in [2.24, 2.45) is 5.92 Å². The second kappa shape index (κ2) is 8.42. The van der Waals surface area contributed by atoms with Gasteiger partial charge in [-0.25, -0.2) is 17.7 Å². The maximum Gasteiger partial charge on any atom is 0.266 e. The highest BCUT2D eigenvalue weighted by atomic mass is 32.2. The molecule has 0 fully saturated rings. The molecule has 0 atom stereocenters. The number of anilines is 1. The normalized spacial score (nSPS) is 11.8. The number of hydrogen-bond donors (Lipinski definition) is 0. The molecule has 0 aliphatic rings. The summed E-state index contributed by atoms with van der Waals surface area (Å²) < 4.78 is 32.6. The van der Waals surface area contributed by atoms with Gasteiger partial charge in [-0.15, -0.1) is 11.3 Å². The number of benzene rings is 1. The molecule has 2 aromatic rings. The Balaban J connectivity index is 2.10. The summed E-state index contributed by atoms with van der Waals surface area (Å²) in [4.78, 5) is 4.41. The topological polar surface area (TPSA) is 59.5 Å². The van der Waals surface area contributed by atoms with E-state index in [1.54, 1.807) is 41.9 Å². The van der Waals surface area contributed by atoms with Gasteiger partial charge in [0.1, 0.15) is 0 Å². The average molecular weight is 354 g/mol. The van der Waals surface area contributed by atoms with Gasteiger partial charge < -0.3 is 4.74 Å². The lowest BCUT2D eigenvalue weighted by atomic mass is 10.1. The number of sulfonamides is 1. The van der Waals surface area contributed by atoms with Crippen LogP contribution in [0.5, 0.6) is 0 Å². The van der Waals surface area contributed by atoms with Crippen molar-refractivity contribution in [1.82, 2.24) is 4.98 Å². The van der Waals surface area contributed by atoms with E-state index in [-0.39, 0.29) is 11.4 Å². The fourth-order valence-electron chi connectivity index (χ4n) is 1.95. The van der Waals surface area contributed by atoms with E-state index in [1.807, 2.05) is 0 Å². The van der Waals surface area contributed by atoms with Crippen LogP contribution in [0.25, 0.3) is 0 Å². The number of nitrogens with zero attached hydrogens (tertiary/aromatic N) is 2. The highest BCUT2D eigenvalue weighted by Gasteiger charge is 2.26. The van der Waals surface area contributed by atoms with Crippen molar-refractivity contribution in [2.75, 3.05) is 24.1 Å². The number of hydrogen-bond acceptors (Lipinski definition) is 5. The molecule has 23 heavy (non-hydrogen) atoms. The van der Waals surface area contributed by atoms with Gasteiger partial charge in [0.25, 0.3) is 10.0 Å². The quantitative estimate of drug-likeness (QED) is 0.648. The molecular formula is C16H22N2O3S2. The third-order valence-electron chi connectivity index (χ3n) is 3.24. The standard InChI is InChI=1S/C16H22N2O3S2/c1-14(2)8-11-21-12-10-18(16-17-9-13-22-16)23(19,20)15-6-4-3-5-7-15/h3-7,9,13-14H,8,10-12H2,1-2H3. The lowest BCUT2D eigenvalue weighted by molar-refractivity contribution is 0.131. The summed E-state index contributed by atoms with van der Waals surface area (Å²) >= 11 is 1.30.